The van der Waals surface area contributed by atoms with Crippen molar-refractivity contribution in [2.45, 2.75) is 49.8 Å². The first-order valence-electron chi connectivity index (χ1n) is 6.04. The van der Waals surface area contributed by atoms with Crippen molar-refractivity contribution in [3.05, 3.63) is 29.3 Å². The van der Waals surface area contributed by atoms with Gasteiger partial charge in [0.05, 0.1) is 4.90 Å². The molecule has 0 spiro atoms. The highest BCUT2D eigenvalue weighted by Crippen LogP contribution is 2.46. The summed E-state index contributed by atoms with van der Waals surface area (Å²) in [5.74, 6) is 0.575. The summed E-state index contributed by atoms with van der Waals surface area (Å²) in [6.07, 6.45) is 3.68. The van der Waals surface area contributed by atoms with Gasteiger partial charge in [-0.25, -0.2) is 8.42 Å². The predicted octanol–water partition coefficient (Wildman–Crippen LogP) is 3.27. The van der Waals surface area contributed by atoms with Crippen LogP contribution in [0.5, 0.6) is 0 Å². The van der Waals surface area contributed by atoms with E-state index in [1.807, 2.05) is 6.07 Å². The molecule has 0 N–H and O–H groups in total. The van der Waals surface area contributed by atoms with Crippen LogP contribution < -0.4 is 0 Å². The fourth-order valence-electron chi connectivity index (χ4n) is 2.39. The van der Waals surface area contributed by atoms with E-state index in [1.54, 1.807) is 6.07 Å². The standard InChI is InChI=1S/C14H20O2S/c1-14(2,3)13-11(10-8-9-10)6-5-7-12(13)17(4,15)16/h5-7,10H,8-9H2,1-4H3. The molecule has 3 heteroatoms. The lowest BCUT2D eigenvalue weighted by Gasteiger charge is -2.25. The molecule has 0 aliphatic heterocycles. The number of hydrogen-bond acceptors (Lipinski definition) is 2. The maximum absolute atomic E-state index is 11.9. The Morgan fingerprint density at radius 3 is 2.18 bits per heavy atom. The van der Waals surface area contributed by atoms with Crippen molar-refractivity contribution in [2.24, 2.45) is 0 Å². The van der Waals surface area contributed by atoms with E-state index in [9.17, 15) is 8.42 Å². The van der Waals surface area contributed by atoms with Crippen molar-refractivity contribution in [2.75, 3.05) is 6.26 Å². The van der Waals surface area contributed by atoms with Crippen molar-refractivity contribution in [1.29, 1.82) is 0 Å². The van der Waals surface area contributed by atoms with Crippen molar-refractivity contribution >= 4 is 9.84 Å². The Morgan fingerprint density at radius 1 is 1.18 bits per heavy atom. The van der Waals surface area contributed by atoms with Crippen molar-refractivity contribution in [3.8, 4) is 0 Å². The van der Waals surface area contributed by atoms with Gasteiger partial charge in [-0.2, -0.15) is 0 Å². The summed E-state index contributed by atoms with van der Waals surface area (Å²) in [5.41, 5.74) is 2.13. The molecule has 2 nitrogen and oxygen atoms in total. The monoisotopic (exact) mass is 252 g/mol. The quantitative estimate of drug-likeness (QED) is 0.809. The fraction of sp³-hybridized carbons (Fsp3) is 0.571. The molecule has 1 aromatic rings. The number of sulfone groups is 1. The summed E-state index contributed by atoms with van der Waals surface area (Å²) in [7, 11) is -3.14. The van der Waals surface area contributed by atoms with E-state index in [2.05, 4.69) is 26.8 Å². The molecule has 0 unspecified atom stereocenters. The summed E-state index contributed by atoms with van der Waals surface area (Å²) in [4.78, 5) is 0.509. The van der Waals surface area contributed by atoms with Crippen molar-refractivity contribution < 1.29 is 8.42 Å². The van der Waals surface area contributed by atoms with E-state index in [0.29, 0.717) is 10.8 Å². The minimum absolute atomic E-state index is 0.127. The lowest BCUT2D eigenvalue weighted by atomic mass is 9.82. The summed E-state index contributed by atoms with van der Waals surface area (Å²) >= 11 is 0. The zero-order valence-corrected chi connectivity index (χ0v) is 11.8. The van der Waals surface area contributed by atoms with Crippen LogP contribution >= 0.6 is 0 Å². The van der Waals surface area contributed by atoms with Crippen LogP contribution in [0.15, 0.2) is 23.1 Å². The van der Waals surface area contributed by atoms with E-state index in [4.69, 9.17) is 0 Å². The molecule has 17 heavy (non-hydrogen) atoms. The Kier molecular flexibility index (Phi) is 2.85. The first-order valence-corrected chi connectivity index (χ1v) is 7.94. The van der Waals surface area contributed by atoms with Gasteiger partial charge in [-0.3, -0.25) is 0 Å². The minimum Gasteiger partial charge on any atom is -0.224 e. The van der Waals surface area contributed by atoms with Crippen LogP contribution in [-0.2, 0) is 15.3 Å². The molecule has 1 aromatic carbocycles. The van der Waals surface area contributed by atoms with E-state index >= 15 is 0 Å². The second kappa shape index (κ2) is 3.84. The maximum Gasteiger partial charge on any atom is 0.175 e. The summed E-state index contributed by atoms with van der Waals surface area (Å²) < 4.78 is 23.8. The largest absolute Gasteiger partial charge is 0.224 e. The summed E-state index contributed by atoms with van der Waals surface area (Å²) in [5, 5.41) is 0. The lowest BCUT2D eigenvalue weighted by molar-refractivity contribution is 0.557. The topological polar surface area (TPSA) is 34.1 Å². The third-order valence-electron chi connectivity index (χ3n) is 3.23. The van der Waals surface area contributed by atoms with Crippen LogP contribution in [-0.4, -0.2) is 14.7 Å². The van der Waals surface area contributed by atoms with E-state index in [0.717, 1.165) is 5.56 Å². The first kappa shape index (κ1) is 12.6. The molecule has 0 radical (unpaired) electrons. The van der Waals surface area contributed by atoms with E-state index in [-0.39, 0.29) is 5.41 Å². The molecule has 1 saturated carbocycles. The Bertz CT molecular complexity index is 532. The summed E-state index contributed by atoms with van der Waals surface area (Å²) in [6.45, 7) is 6.26. The predicted molar refractivity (Wildman–Crippen MR) is 70.2 cm³/mol. The molecule has 0 bridgehead atoms. The molecular formula is C14H20O2S. The fourth-order valence-corrected chi connectivity index (χ4v) is 3.51. The third kappa shape index (κ3) is 2.54. The molecule has 0 heterocycles. The van der Waals surface area contributed by atoms with Gasteiger partial charge in [-0.15, -0.1) is 0 Å². The number of hydrogen-bond donors (Lipinski definition) is 0. The van der Waals surface area contributed by atoms with Gasteiger partial charge in [0.1, 0.15) is 0 Å². The molecule has 0 saturated heterocycles. The van der Waals surface area contributed by atoms with Gasteiger partial charge in [0.25, 0.3) is 0 Å². The van der Waals surface area contributed by atoms with Gasteiger partial charge >= 0.3 is 0 Å². The Hall–Kier alpha value is -0.830. The van der Waals surface area contributed by atoms with Crippen LogP contribution in [0.4, 0.5) is 0 Å². The van der Waals surface area contributed by atoms with Crippen LogP contribution in [0.3, 0.4) is 0 Å². The first-order chi connectivity index (χ1) is 7.71. The van der Waals surface area contributed by atoms with Gasteiger partial charge in [-0.05, 0) is 41.4 Å². The number of benzene rings is 1. The highest BCUT2D eigenvalue weighted by atomic mass is 32.2. The molecule has 1 aliphatic rings. The van der Waals surface area contributed by atoms with Gasteiger partial charge < -0.3 is 0 Å². The zero-order valence-electron chi connectivity index (χ0n) is 10.9. The molecule has 1 aliphatic carbocycles. The normalized spacial score (nSPS) is 17.2. The van der Waals surface area contributed by atoms with Crippen molar-refractivity contribution in [3.63, 3.8) is 0 Å². The average Bonchev–Trinajstić information content (AvgIpc) is 2.96. The number of rotatable bonds is 2. The van der Waals surface area contributed by atoms with E-state index < -0.39 is 9.84 Å². The molecule has 1 fully saturated rings. The molecule has 0 amide bonds. The molecule has 2 rings (SSSR count). The second-order valence-electron chi connectivity index (χ2n) is 6.02. The Labute approximate surface area is 104 Å². The van der Waals surface area contributed by atoms with Gasteiger partial charge in [0.2, 0.25) is 0 Å². The zero-order chi connectivity index (χ0) is 12.8. The van der Waals surface area contributed by atoms with Gasteiger partial charge in [0.15, 0.2) is 9.84 Å². The van der Waals surface area contributed by atoms with Crippen LogP contribution in [0.1, 0.15) is 50.7 Å². The van der Waals surface area contributed by atoms with Crippen molar-refractivity contribution in [1.82, 2.24) is 0 Å². The molecular weight excluding hydrogens is 232 g/mol. The maximum atomic E-state index is 11.9. The average molecular weight is 252 g/mol. The SMILES string of the molecule is CC(C)(C)c1c(C2CC2)cccc1S(C)(=O)=O. The lowest BCUT2D eigenvalue weighted by Crippen LogP contribution is -2.19. The van der Waals surface area contributed by atoms with Crippen LogP contribution in [0.2, 0.25) is 0 Å². The molecule has 0 atom stereocenters. The summed E-state index contributed by atoms with van der Waals surface area (Å²) in [6, 6.07) is 5.70. The van der Waals surface area contributed by atoms with E-state index in [1.165, 1.54) is 24.7 Å². The van der Waals surface area contributed by atoms with Gasteiger partial charge in [0, 0.05) is 6.26 Å². The highest BCUT2D eigenvalue weighted by molar-refractivity contribution is 7.90. The second-order valence-corrected chi connectivity index (χ2v) is 8.00. The van der Waals surface area contributed by atoms with Gasteiger partial charge in [-0.1, -0.05) is 32.9 Å². The Morgan fingerprint density at radius 2 is 1.76 bits per heavy atom. The van der Waals surface area contributed by atoms with Crippen LogP contribution in [0.25, 0.3) is 0 Å². The third-order valence-corrected chi connectivity index (χ3v) is 4.36. The van der Waals surface area contributed by atoms with Crippen LogP contribution in [0, 0.1) is 0 Å². The molecule has 0 aromatic heterocycles. The smallest absolute Gasteiger partial charge is 0.175 e. The minimum atomic E-state index is -3.14. The highest BCUT2D eigenvalue weighted by Gasteiger charge is 2.33. The molecule has 94 valence electrons. The Balaban J connectivity index is 2.72.